The van der Waals surface area contributed by atoms with Gasteiger partial charge < -0.3 is 4.74 Å². The summed E-state index contributed by atoms with van der Waals surface area (Å²) in [6.45, 7) is 1.08. The highest BCUT2D eigenvalue weighted by molar-refractivity contribution is 7.91. The zero-order valence-electron chi connectivity index (χ0n) is 6.62. The van der Waals surface area contributed by atoms with E-state index in [2.05, 4.69) is 0 Å². The molecule has 3 nitrogen and oxygen atoms in total. The molecule has 0 aromatic carbocycles. The second-order valence-electron chi connectivity index (χ2n) is 3.76. The fraction of sp³-hybridized carbons (Fsp3) is 1.00. The summed E-state index contributed by atoms with van der Waals surface area (Å²) in [6.07, 6.45) is 0. The number of alkyl halides is 1. The zero-order chi connectivity index (χ0) is 8.82. The average molecular weight is 211 g/mol. The maximum atomic E-state index is 11.3. The number of sulfone groups is 1. The van der Waals surface area contributed by atoms with E-state index < -0.39 is 9.84 Å². The van der Waals surface area contributed by atoms with Crippen LogP contribution in [0.4, 0.5) is 0 Å². The minimum atomic E-state index is -2.84. The monoisotopic (exact) mass is 210 g/mol. The smallest absolute Gasteiger partial charge is 0.151 e. The lowest BCUT2D eigenvalue weighted by Crippen LogP contribution is -2.30. The van der Waals surface area contributed by atoms with Gasteiger partial charge in [0.1, 0.15) is 0 Å². The van der Waals surface area contributed by atoms with Crippen LogP contribution in [0.25, 0.3) is 0 Å². The zero-order valence-corrected chi connectivity index (χ0v) is 8.20. The van der Waals surface area contributed by atoms with E-state index >= 15 is 0 Å². The Morgan fingerprint density at radius 2 is 2.33 bits per heavy atom. The second kappa shape index (κ2) is 2.59. The number of rotatable bonds is 1. The van der Waals surface area contributed by atoms with Crippen LogP contribution in [0.1, 0.15) is 0 Å². The second-order valence-corrected chi connectivity index (χ2v) is 6.14. The molecular formula is C7H11ClO3S. The fourth-order valence-electron chi connectivity index (χ4n) is 2.07. The van der Waals surface area contributed by atoms with Crippen molar-refractivity contribution in [3.8, 4) is 0 Å². The molecule has 0 aromatic heterocycles. The van der Waals surface area contributed by atoms with Crippen molar-refractivity contribution in [1.82, 2.24) is 0 Å². The fourth-order valence-corrected chi connectivity index (χ4v) is 5.05. The minimum Gasteiger partial charge on any atom is -0.380 e. The van der Waals surface area contributed by atoms with Crippen LogP contribution in [0, 0.1) is 11.3 Å². The third-order valence-corrected chi connectivity index (χ3v) is 5.26. The van der Waals surface area contributed by atoms with Crippen molar-refractivity contribution < 1.29 is 13.2 Å². The van der Waals surface area contributed by atoms with Crippen molar-refractivity contribution in [2.75, 3.05) is 30.6 Å². The van der Waals surface area contributed by atoms with Gasteiger partial charge in [-0.1, -0.05) is 0 Å². The van der Waals surface area contributed by atoms with Gasteiger partial charge in [0, 0.05) is 17.2 Å². The van der Waals surface area contributed by atoms with Crippen LogP contribution < -0.4 is 0 Å². The van der Waals surface area contributed by atoms with Crippen LogP contribution in [0.5, 0.6) is 0 Å². The summed E-state index contributed by atoms with van der Waals surface area (Å²) in [6, 6.07) is 0. The van der Waals surface area contributed by atoms with Crippen molar-refractivity contribution in [2.24, 2.45) is 11.3 Å². The van der Waals surface area contributed by atoms with Gasteiger partial charge in [0.05, 0.1) is 24.7 Å². The van der Waals surface area contributed by atoms with E-state index in [9.17, 15) is 8.42 Å². The first-order valence-electron chi connectivity index (χ1n) is 3.92. The summed E-state index contributed by atoms with van der Waals surface area (Å²) in [4.78, 5) is 0. The molecule has 2 aliphatic rings. The van der Waals surface area contributed by atoms with Crippen LogP contribution in [0.3, 0.4) is 0 Å². The van der Waals surface area contributed by atoms with Crippen LogP contribution in [0.15, 0.2) is 0 Å². The largest absolute Gasteiger partial charge is 0.380 e. The molecule has 0 N–H and O–H groups in total. The van der Waals surface area contributed by atoms with E-state index in [1.54, 1.807) is 0 Å². The van der Waals surface area contributed by atoms with E-state index in [0.29, 0.717) is 19.1 Å². The van der Waals surface area contributed by atoms with Crippen molar-refractivity contribution in [3.05, 3.63) is 0 Å². The molecule has 2 atom stereocenters. The molecular weight excluding hydrogens is 200 g/mol. The molecule has 0 spiro atoms. The minimum absolute atomic E-state index is 0.139. The Bertz CT molecular complexity index is 287. The SMILES string of the molecule is O=S1(=O)C[C@@H]2COC[C@@]2(CCl)C1. The predicted octanol–water partition coefficient (Wildman–Crippen LogP) is 0.286. The first-order chi connectivity index (χ1) is 5.58. The van der Waals surface area contributed by atoms with Gasteiger partial charge in [0.15, 0.2) is 9.84 Å². The highest BCUT2D eigenvalue weighted by atomic mass is 35.5. The Morgan fingerprint density at radius 1 is 1.58 bits per heavy atom. The van der Waals surface area contributed by atoms with Crippen molar-refractivity contribution >= 4 is 21.4 Å². The van der Waals surface area contributed by atoms with Gasteiger partial charge in [-0.2, -0.15) is 0 Å². The summed E-state index contributed by atoms with van der Waals surface area (Å²) >= 11 is 5.78. The van der Waals surface area contributed by atoms with Gasteiger partial charge in [0.25, 0.3) is 0 Å². The molecule has 0 saturated carbocycles. The maximum absolute atomic E-state index is 11.3. The van der Waals surface area contributed by atoms with Crippen LogP contribution in [-0.4, -0.2) is 39.0 Å². The maximum Gasteiger partial charge on any atom is 0.151 e. The van der Waals surface area contributed by atoms with Gasteiger partial charge in [-0.05, 0) is 0 Å². The lowest BCUT2D eigenvalue weighted by atomic mass is 9.83. The predicted molar refractivity (Wildman–Crippen MR) is 46.1 cm³/mol. The molecule has 0 radical (unpaired) electrons. The molecule has 2 rings (SSSR count). The third-order valence-electron chi connectivity index (χ3n) is 2.80. The molecule has 0 amide bonds. The molecule has 2 fully saturated rings. The Labute approximate surface area is 77.0 Å². The quantitative estimate of drug-likeness (QED) is 0.585. The highest BCUT2D eigenvalue weighted by Gasteiger charge is 2.53. The van der Waals surface area contributed by atoms with E-state index in [-0.39, 0.29) is 22.8 Å². The first-order valence-corrected chi connectivity index (χ1v) is 6.28. The normalized spacial score (nSPS) is 44.6. The molecule has 70 valence electrons. The molecule has 2 saturated heterocycles. The van der Waals surface area contributed by atoms with E-state index in [4.69, 9.17) is 16.3 Å². The van der Waals surface area contributed by atoms with E-state index in [0.717, 1.165) is 0 Å². The molecule has 0 aliphatic carbocycles. The van der Waals surface area contributed by atoms with E-state index in [1.807, 2.05) is 0 Å². The van der Waals surface area contributed by atoms with Crippen LogP contribution in [-0.2, 0) is 14.6 Å². The van der Waals surface area contributed by atoms with Gasteiger partial charge >= 0.3 is 0 Å². The molecule has 2 heterocycles. The Morgan fingerprint density at radius 3 is 2.92 bits per heavy atom. The summed E-state index contributed by atoms with van der Waals surface area (Å²) in [5.74, 6) is 1.02. The summed E-state index contributed by atoms with van der Waals surface area (Å²) < 4.78 is 27.8. The van der Waals surface area contributed by atoms with Crippen molar-refractivity contribution in [3.63, 3.8) is 0 Å². The summed E-state index contributed by atoms with van der Waals surface area (Å²) in [7, 11) is -2.84. The lowest BCUT2D eigenvalue weighted by molar-refractivity contribution is 0.168. The third kappa shape index (κ3) is 1.17. The van der Waals surface area contributed by atoms with Crippen LogP contribution in [0.2, 0.25) is 0 Å². The summed E-state index contributed by atoms with van der Waals surface area (Å²) in [5, 5.41) is 0. The molecule has 12 heavy (non-hydrogen) atoms. The Hall–Kier alpha value is 0.200. The number of halogens is 1. The van der Waals surface area contributed by atoms with Gasteiger partial charge in [-0.3, -0.25) is 0 Å². The lowest BCUT2D eigenvalue weighted by Gasteiger charge is -2.21. The highest BCUT2D eigenvalue weighted by Crippen LogP contribution is 2.43. The van der Waals surface area contributed by atoms with Crippen molar-refractivity contribution in [2.45, 2.75) is 0 Å². The number of hydrogen-bond donors (Lipinski definition) is 0. The summed E-state index contributed by atoms with van der Waals surface area (Å²) in [5.41, 5.74) is -0.264. The van der Waals surface area contributed by atoms with Gasteiger partial charge in [-0.25, -0.2) is 8.42 Å². The van der Waals surface area contributed by atoms with E-state index in [1.165, 1.54) is 0 Å². The molecule has 0 aromatic rings. The molecule has 0 bridgehead atoms. The number of fused-ring (bicyclic) bond motifs is 1. The molecule has 5 heteroatoms. The Kier molecular flexibility index (Phi) is 1.90. The number of hydrogen-bond acceptors (Lipinski definition) is 3. The Balaban J connectivity index is 2.32. The first kappa shape index (κ1) is 8.78. The number of ether oxygens (including phenoxy) is 1. The van der Waals surface area contributed by atoms with Gasteiger partial charge in [-0.15, -0.1) is 11.6 Å². The standard InChI is InChI=1S/C7H11ClO3S/c8-3-7-4-11-1-6(7)2-12(9,10)5-7/h6H,1-5H2/t6-,7-/m0/s1. The van der Waals surface area contributed by atoms with Gasteiger partial charge in [0.2, 0.25) is 0 Å². The van der Waals surface area contributed by atoms with Crippen molar-refractivity contribution in [1.29, 1.82) is 0 Å². The van der Waals surface area contributed by atoms with Crippen LogP contribution >= 0.6 is 11.6 Å². The topological polar surface area (TPSA) is 43.4 Å². The molecule has 0 unspecified atom stereocenters. The average Bonchev–Trinajstić information content (AvgIpc) is 2.40. The molecule has 2 aliphatic heterocycles.